The van der Waals surface area contributed by atoms with E-state index in [0.717, 1.165) is 0 Å². The van der Waals surface area contributed by atoms with Crippen LogP contribution < -0.4 is 15.4 Å². The fourth-order valence-electron chi connectivity index (χ4n) is 1.54. The number of aliphatic hydroxyl groups excluding tert-OH is 1. The third-order valence-electron chi connectivity index (χ3n) is 3.09. The molecule has 0 saturated carbocycles. The number of pyridine rings is 1. The number of aliphatic hydroxyl groups is 1. The summed E-state index contributed by atoms with van der Waals surface area (Å²) in [6.07, 6.45) is -3.85. The van der Waals surface area contributed by atoms with Crippen LogP contribution in [0.2, 0.25) is 0 Å². The van der Waals surface area contributed by atoms with Crippen molar-refractivity contribution in [1.29, 1.82) is 0 Å². The molecule has 9 heteroatoms. The lowest BCUT2D eigenvalue weighted by atomic mass is 9.89. The molecular weight excluding hydrogens is 327 g/mol. The average Bonchev–Trinajstić information content (AvgIpc) is 2.47. The van der Waals surface area contributed by atoms with Gasteiger partial charge in [-0.05, 0) is 17.0 Å². The molecule has 0 spiro atoms. The van der Waals surface area contributed by atoms with Crippen LogP contribution in [0.5, 0.6) is 5.88 Å². The van der Waals surface area contributed by atoms with Crippen molar-refractivity contribution < 1.29 is 27.8 Å². The number of amides is 2. The van der Waals surface area contributed by atoms with Crippen LogP contribution in [0, 0.1) is 5.41 Å². The van der Waals surface area contributed by atoms with Crippen molar-refractivity contribution in [3.05, 3.63) is 23.9 Å². The van der Waals surface area contributed by atoms with Crippen LogP contribution in [0.4, 0.5) is 18.0 Å². The highest BCUT2D eigenvalue weighted by molar-refractivity contribution is 5.73. The second kappa shape index (κ2) is 8.18. The number of urea groups is 1. The van der Waals surface area contributed by atoms with Gasteiger partial charge in [0.1, 0.15) is 0 Å². The van der Waals surface area contributed by atoms with Gasteiger partial charge in [0.15, 0.2) is 6.61 Å². The van der Waals surface area contributed by atoms with Gasteiger partial charge in [-0.15, -0.1) is 0 Å². The number of carbonyl (C=O) groups is 1. The van der Waals surface area contributed by atoms with E-state index in [-0.39, 0.29) is 24.4 Å². The molecule has 1 heterocycles. The average molecular weight is 349 g/mol. The number of aromatic nitrogens is 1. The Bertz CT molecular complexity index is 545. The second-order valence-corrected chi connectivity index (χ2v) is 6.35. The minimum atomic E-state index is -4.44. The summed E-state index contributed by atoms with van der Waals surface area (Å²) in [5.41, 5.74) is 0.178. The molecule has 0 radical (unpaired) electrons. The molecule has 0 fully saturated rings. The van der Waals surface area contributed by atoms with E-state index in [0.29, 0.717) is 5.56 Å². The molecular formula is C15H22F3N3O3. The zero-order valence-electron chi connectivity index (χ0n) is 13.8. The van der Waals surface area contributed by atoms with Gasteiger partial charge in [-0.2, -0.15) is 13.2 Å². The molecule has 1 aromatic rings. The van der Waals surface area contributed by atoms with Crippen LogP contribution in [-0.2, 0) is 6.54 Å². The molecule has 0 aliphatic carbocycles. The molecule has 2 amide bonds. The third-order valence-corrected chi connectivity index (χ3v) is 3.09. The van der Waals surface area contributed by atoms with Gasteiger partial charge in [-0.3, -0.25) is 0 Å². The SMILES string of the molecule is CC(C)(C)[C@@H](O)CNC(=O)NCc1ccnc(OCC(F)(F)F)c1. The standard InChI is InChI=1S/C15H22F3N3O3/c1-14(2,3)11(22)8-21-13(23)20-7-10-4-5-19-12(6-10)24-9-15(16,17)18/h4-6,11,22H,7-9H2,1-3H3,(H2,20,21,23)/t11-/m0/s1. The summed E-state index contributed by atoms with van der Waals surface area (Å²) < 4.78 is 40.8. The van der Waals surface area contributed by atoms with Gasteiger partial charge >= 0.3 is 12.2 Å². The fourth-order valence-corrected chi connectivity index (χ4v) is 1.54. The summed E-state index contributed by atoms with van der Waals surface area (Å²) in [5.74, 6) is -0.171. The number of rotatable bonds is 6. The van der Waals surface area contributed by atoms with Crippen molar-refractivity contribution in [2.45, 2.75) is 39.6 Å². The number of hydrogen-bond acceptors (Lipinski definition) is 4. The Kier molecular flexibility index (Phi) is 6.82. The number of halogens is 3. The van der Waals surface area contributed by atoms with E-state index < -0.39 is 24.9 Å². The number of hydrogen-bond donors (Lipinski definition) is 3. The first-order valence-electron chi connectivity index (χ1n) is 7.31. The minimum Gasteiger partial charge on any atom is -0.468 e. The molecule has 0 aliphatic heterocycles. The van der Waals surface area contributed by atoms with E-state index in [1.165, 1.54) is 12.3 Å². The molecule has 0 saturated heterocycles. The van der Waals surface area contributed by atoms with E-state index in [9.17, 15) is 23.1 Å². The lowest BCUT2D eigenvalue weighted by molar-refractivity contribution is -0.154. The molecule has 136 valence electrons. The van der Waals surface area contributed by atoms with E-state index in [4.69, 9.17) is 0 Å². The monoisotopic (exact) mass is 349 g/mol. The third kappa shape index (κ3) is 8.00. The molecule has 6 nitrogen and oxygen atoms in total. The zero-order chi connectivity index (χ0) is 18.4. The summed E-state index contributed by atoms with van der Waals surface area (Å²) in [5, 5.41) is 14.9. The van der Waals surface area contributed by atoms with Crippen molar-refractivity contribution in [2.24, 2.45) is 5.41 Å². The van der Waals surface area contributed by atoms with Crippen LogP contribution in [0.15, 0.2) is 18.3 Å². The first-order valence-corrected chi connectivity index (χ1v) is 7.31. The number of alkyl halides is 3. The lowest BCUT2D eigenvalue weighted by Gasteiger charge is -2.25. The van der Waals surface area contributed by atoms with Gasteiger partial charge in [0.25, 0.3) is 0 Å². The first kappa shape index (κ1) is 20.0. The summed E-state index contributed by atoms with van der Waals surface area (Å²) in [7, 11) is 0. The highest BCUT2D eigenvalue weighted by Crippen LogP contribution is 2.18. The van der Waals surface area contributed by atoms with Crippen LogP contribution in [-0.4, -0.2) is 41.6 Å². The Balaban J connectivity index is 2.43. The van der Waals surface area contributed by atoms with Gasteiger partial charge in [-0.1, -0.05) is 20.8 Å². The molecule has 24 heavy (non-hydrogen) atoms. The van der Waals surface area contributed by atoms with E-state index in [2.05, 4.69) is 20.4 Å². The maximum Gasteiger partial charge on any atom is 0.422 e. The summed E-state index contributed by atoms with van der Waals surface area (Å²) in [4.78, 5) is 15.3. The molecule has 1 atom stereocenters. The van der Waals surface area contributed by atoms with Crippen LogP contribution >= 0.6 is 0 Å². The summed E-state index contributed by atoms with van der Waals surface area (Å²) >= 11 is 0. The molecule has 1 aromatic heterocycles. The zero-order valence-corrected chi connectivity index (χ0v) is 13.8. The second-order valence-electron chi connectivity index (χ2n) is 6.35. The van der Waals surface area contributed by atoms with E-state index in [1.807, 2.05) is 20.8 Å². The Morgan fingerprint density at radius 2 is 2.00 bits per heavy atom. The number of nitrogens with zero attached hydrogens (tertiary/aromatic N) is 1. The first-order chi connectivity index (χ1) is 11.0. The quantitative estimate of drug-likeness (QED) is 0.735. The van der Waals surface area contributed by atoms with Gasteiger partial charge in [0, 0.05) is 25.4 Å². The van der Waals surface area contributed by atoms with E-state index >= 15 is 0 Å². The van der Waals surface area contributed by atoms with Gasteiger partial charge in [0.2, 0.25) is 5.88 Å². The normalized spacial score (nSPS) is 13.3. The maximum atomic E-state index is 12.1. The molecule has 0 aliphatic rings. The van der Waals surface area contributed by atoms with Crippen LogP contribution in [0.25, 0.3) is 0 Å². The minimum absolute atomic E-state index is 0.0857. The fraction of sp³-hybridized carbons (Fsp3) is 0.600. The van der Waals surface area contributed by atoms with Crippen molar-refractivity contribution in [3.8, 4) is 5.88 Å². The van der Waals surface area contributed by atoms with Crippen LogP contribution in [0.1, 0.15) is 26.3 Å². The Hall–Kier alpha value is -2.03. The van der Waals surface area contributed by atoms with Crippen molar-refractivity contribution in [1.82, 2.24) is 15.6 Å². The van der Waals surface area contributed by atoms with Gasteiger partial charge in [0.05, 0.1) is 6.10 Å². The topological polar surface area (TPSA) is 83.5 Å². The molecule has 0 unspecified atom stereocenters. The number of ether oxygens (including phenoxy) is 1. The Labute approximate surface area is 138 Å². The molecule has 0 bridgehead atoms. The Morgan fingerprint density at radius 1 is 1.33 bits per heavy atom. The number of carbonyl (C=O) groups excluding carboxylic acids is 1. The highest BCUT2D eigenvalue weighted by atomic mass is 19.4. The van der Waals surface area contributed by atoms with Crippen LogP contribution in [0.3, 0.4) is 0 Å². The van der Waals surface area contributed by atoms with Crippen molar-refractivity contribution in [2.75, 3.05) is 13.2 Å². The largest absolute Gasteiger partial charge is 0.468 e. The van der Waals surface area contributed by atoms with Gasteiger partial charge in [-0.25, -0.2) is 9.78 Å². The lowest BCUT2D eigenvalue weighted by Crippen LogP contribution is -2.43. The predicted octanol–water partition coefficient (Wildman–Crippen LogP) is 2.23. The van der Waals surface area contributed by atoms with Gasteiger partial charge < -0.3 is 20.5 Å². The Morgan fingerprint density at radius 3 is 2.58 bits per heavy atom. The van der Waals surface area contributed by atoms with E-state index in [1.54, 1.807) is 6.07 Å². The predicted molar refractivity (Wildman–Crippen MR) is 81.5 cm³/mol. The summed E-state index contributed by atoms with van der Waals surface area (Å²) in [6, 6.07) is 2.37. The summed E-state index contributed by atoms with van der Waals surface area (Å²) in [6.45, 7) is 4.28. The maximum absolute atomic E-state index is 12.1. The highest BCUT2D eigenvalue weighted by Gasteiger charge is 2.28. The smallest absolute Gasteiger partial charge is 0.422 e. The molecule has 3 N–H and O–H groups in total. The number of nitrogens with one attached hydrogen (secondary N) is 2. The molecule has 0 aromatic carbocycles. The van der Waals surface area contributed by atoms with Crippen molar-refractivity contribution in [3.63, 3.8) is 0 Å². The molecule has 1 rings (SSSR count). The van der Waals surface area contributed by atoms with Crippen molar-refractivity contribution >= 4 is 6.03 Å².